The van der Waals surface area contributed by atoms with Gasteiger partial charge in [0.25, 0.3) is 0 Å². The quantitative estimate of drug-likeness (QED) is 0.162. The van der Waals surface area contributed by atoms with Crippen molar-refractivity contribution in [1.82, 2.24) is 0 Å². The molecule has 2 atom stereocenters. The van der Waals surface area contributed by atoms with E-state index in [0.717, 1.165) is 12.2 Å². The average Bonchev–Trinajstić information content (AvgIpc) is 2.59. The van der Waals surface area contributed by atoms with Crippen molar-refractivity contribution in [1.29, 1.82) is 0 Å². The van der Waals surface area contributed by atoms with Gasteiger partial charge >= 0.3 is 7.23 Å². The van der Waals surface area contributed by atoms with Gasteiger partial charge in [0.1, 0.15) is 0 Å². The molecule has 0 aliphatic rings. The zero-order valence-electron chi connectivity index (χ0n) is 16.7. The molecule has 0 spiro atoms. The molecule has 0 saturated heterocycles. The van der Waals surface area contributed by atoms with Crippen molar-refractivity contribution >= 4 is 30.4 Å². The van der Waals surface area contributed by atoms with Gasteiger partial charge in [-0.15, -0.1) is 0 Å². The lowest BCUT2D eigenvalue weighted by Gasteiger charge is -2.15. The van der Waals surface area contributed by atoms with Gasteiger partial charge in [-0.1, -0.05) is 90.9 Å². The normalized spacial score (nSPS) is 13.2. The van der Waals surface area contributed by atoms with Crippen LogP contribution in [0.3, 0.4) is 0 Å². The summed E-state index contributed by atoms with van der Waals surface area (Å²) in [4.78, 5) is 8.92. The molecule has 0 heterocycles. The highest BCUT2D eigenvalue weighted by molar-refractivity contribution is 8.50. The fourth-order valence-electron chi connectivity index (χ4n) is 3.03. The SMILES string of the molecule is CCCCCCCCCCCCSC(CCCCC)CCS[P+](=O)O. The summed E-state index contributed by atoms with van der Waals surface area (Å²) >= 11 is 3.32. The van der Waals surface area contributed by atoms with E-state index in [1.165, 1.54) is 107 Å². The smallest absolute Gasteiger partial charge is 0.159 e. The first-order chi connectivity index (χ1) is 12.2. The standard InChI is InChI=1S/C20H41O2PS2/c1-3-5-7-8-9-10-11-12-13-15-18-24-20(16-14-6-4-2)17-19-25-23(21)22/h20H,3-19H2,1-2H3/p+1. The minimum absolute atomic E-state index is 0.688. The largest absolute Gasteiger partial charge is 0.582 e. The summed E-state index contributed by atoms with van der Waals surface area (Å²) in [6, 6.07) is 0. The highest BCUT2D eigenvalue weighted by Gasteiger charge is 2.16. The lowest BCUT2D eigenvalue weighted by molar-refractivity contribution is 0.519. The van der Waals surface area contributed by atoms with E-state index in [-0.39, 0.29) is 0 Å². The van der Waals surface area contributed by atoms with Crippen molar-refractivity contribution in [2.45, 2.75) is 115 Å². The number of thioether (sulfide) groups is 1. The van der Waals surface area contributed by atoms with Crippen molar-refractivity contribution in [2.75, 3.05) is 11.5 Å². The van der Waals surface area contributed by atoms with Crippen LogP contribution in [0.4, 0.5) is 0 Å². The Labute approximate surface area is 166 Å². The Morgan fingerprint density at radius 1 is 0.720 bits per heavy atom. The molecule has 0 fully saturated rings. The van der Waals surface area contributed by atoms with Gasteiger partial charge < -0.3 is 0 Å². The third kappa shape index (κ3) is 20.9. The fraction of sp³-hybridized carbons (Fsp3) is 1.00. The second-order valence-electron chi connectivity index (χ2n) is 7.03. The zero-order valence-corrected chi connectivity index (χ0v) is 19.2. The molecule has 0 aliphatic heterocycles. The summed E-state index contributed by atoms with van der Waals surface area (Å²) in [5.74, 6) is 2.09. The van der Waals surface area contributed by atoms with Gasteiger partial charge in [-0.05, 0) is 29.6 Å². The predicted molar refractivity (Wildman–Crippen MR) is 119 cm³/mol. The molecular formula is C20H42O2PS2+. The molecule has 0 radical (unpaired) electrons. The highest BCUT2D eigenvalue weighted by atomic mass is 32.7. The Morgan fingerprint density at radius 3 is 1.80 bits per heavy atom. The van der Waals surface area contributed by atoms with E-state index >= 15 is 0 Å². The van der Waals surface area contributed by atoms with Crippen LogP contribution in [0.25, 0.3) is 0 Å². The third-order valence-electron chi connectivity index (χ3n) is 4.62. The minimum atomic E-state index is -2.02. The van der Waals surface area contributed by atoms with Crippen molar-refractivity contribution in [3.05, 3.63) is 0 Å². The summed E-state index contributed by atoms with van der Waals surface area (Å²) in [5.41, 5.74) is 0. The first kappa shape index (κ1) is 25.8. The summed E-state index contributed by atoms with van der Waals surface area (Å²) in [6.07, 6.45) is 20.2. The van der Waals surface area contributed by atoms with E-state index in [2.05, 4.69) is 25.6 Å². The van der Waals surface area contributed by atoms with Gasteiger partial charge in [0.05, 0.1) is 0 Å². The van der Waals surface area contributed by atoms with Gasteiger partial charge in [-0.3, -0.25) is 0 Å². The van der Waals surface area contributed by atoms with E-state index < -0.39 is 7.23 Å². The van der Waals surface area contributed by atoms with Crippen molar-refractivity contribution in [3.63, 3.8) is 0 Å². The second-order valence-corrected chi connectivity index (χ2v) is 11.3. The molecule has 25 heavy (non-hydrogen) atoms. The Bertz CT molecular complexity index is 291. The molecule has 0 aromatic rings. The second kappa shape index (κ2) is 21.1. The summed E-state index contributed by atoms with van der Waals surface area (Å²) < 4.78 is 10.8. The van der Waals surface area contributed by atoms with Gasteiger partial charge in [0, 0.05) is 11.0 Å². The molecule has 0 amide bonds. The molecule has 0 bridgehead atoms. The number of rotatable bonds is 20. The van der Waals surface area contributed by atoms with Crippen molar-refractivity contribution in [2.24, 2.45) is 0 Å². The van der Waals surface area contributed by atoms with Crippen molar-refractivity contribution in [3.8, 4) is 0 Å². The molecule has 2 nitrogen and oxygen atoms in total. The van der Waals surface area contributed by atoms with Crippen LogP contribution in [-0.2, 0) is 4.57 Å². The monoisotopic (exact) mass is 409 g/mol. The van der Waals surface area contributed by atoms with Crippen LogP contribution >= 0.6 is 30.4 Å². The maximum Gasteiger partial charge on any atom is 0.582 e. The number of hydrogen-bond donors (Lipinski definition) is 1. The number of unbranched alkanes of at least 4 members (excludes halogenated alkanes) is 11. The van der Waals surface area contributed by atoms with Crippen LogP contribution in [0, 0.1) is 0 Å². The topological polar surface area (TPSA) is 37.3 Å². The van der Waals surface area contributed by atoms with Gasteiger partial charge in [-0.2, -0.15) is 16.7 Å². The van der Waals surface area contributed by atoms with E-state index in [0.29, 0.717) is 5.25 Å². The summed E-state index contributed by atoms with van der Waals surface area (Å²) in [6.45, 7) is 4.53. The Balaban J connectivity index is 3.56. The van der Waals surface area contributed by atoms with Crippen LogP contribution in [0.5, 0.6) is 0 Å². The zero-order chi connectivity index (χ0) is 18.6. The molecule has 0 aromatic carbocycles. The molecule has 0 rings (SSSR count). The highest BCUT2D eigenvalue weighted by Crippen LogP contribution is 2.35. The summed E-state index contributed by atoms with van der Waals surface area (Å²) in [5, 5.41) is 0.688. The predicted octanol–water partition coefficient (Wildman–Crippen LogP) is 8.36. The van der Waals surface area contributed by atoms with E-state index in [9.17, 15) is 4.57 Å². The molecule has 0 saturated carbocycles. The van der Waals surface area contributed by atoms with Gasteiger partial charge in [-0.25, -0.2) is 0 Å². The van der Waals surface area contributed by atoms with Crippen LogP contribution in [0.2, 0.25) is 0 Å². The van der Waals surface area contributed by atoms with Crippen LogP contribution < -0.4 is 0 Å². The fourth-order valence-corrected chi connectivity index (χ4v) is 5.84. The van der Waals surface area contributed by atoms with Gasteiger partial charge in [0.15, 0.2) is 11.4 Å². The molecule has 150 valence electrons. The molecule has 1 N–H and O–H groups in total. The van der Waals surface area contributed by atoms with Crippen LogP contribution in [0.15, 0.2) is 0 Å². The third-order valence-corrected chi connectivity index (χ3v) is 7.94. The van der Waals surface area contributed by atoms with E-state index in [1.807, 2.05) is 0 Å². The molecular weight excluding hydrogens is 367 g/mol. The number of hydrogen-bond acceptors (Lipinski definition) is 3. The van der Waals surface area contributed by atoms with E-state index in [1.54, 1.807) is 0 Å². The van der Waals surface area contributed by atoms with Crippen LogP contribution in [0.1, 0.15) is 110 Å². The Hall–Kier alpha value is 0.760. The first-order valence-corrected chi connectivity index (χ1v) is 14.5. The molecule has 0 aromatic heterocycles. The summed E-state index contributed by atoms with van der Waals surface area (Å²) in [7, 11) is -2.02. The minimum Gasteiger partial charge on any atom is -0.159 e. The Kier molecular flexibility index (Phi) is 21.7. The average molecular weight is 410 g/mol. The molecule has 5 heteroatoms. The first-order valence-electron chi connectivity index (χ1n) is 10.6. The van der Waals surface area contributed by atoms with Gasteiger partial charge in [0.2, 0.25) is 0 Å². The van der Waals surface area contributed by atoms with E-state index in [4.69, 9.17) is 4.89 Å². The maximum atomic E-state index is 10.8. The maximum absolute atomic E-state index is 10.8. The van der Waals surface area contributed by atoms with Crippen LogP contribution in [-0.4, -0.2) is 21.6 Å². The lowest BCUT2D eigenvalue weighted by Crippen LogP contribution is -2.05. The lowest BCUT2D eigenvalue weighted by atomic mass is 10.1. The Morgan fingerprint density at radius 2 is 1.24 bits per heavy atom. The van der Waals surface area contributed by atoms with Crippen molar-refractivity contribution < 1.29 is 9.46 Å². The molecule has 0 aliphatic carbocycles. The molecule has 2 unspecified atom stereocenters.